The summed E-state index contributed by atoms with van der Waals surface area (Å²) < 4.78 is 5.26. The molecule has 1 unspecified atom stereocenters. The molecule has 92 valence electrons. The molecule has 2 rings (SSSR count). The van der Waals surface area contributed by atoms with Gasteiger partial charge in [-0.1, -0.05) is 24.3 Å². The predicted molar refractivity (Wildman–Crippen MR) is 63.9 cm³/mol. The molecule has 0 spiro atoms. The Morgan fingerprint density at radius 3 is 2.59 bits per heavy atom. The summed E-state index contributed by atoms with van der Waals surface area (Å²) in [7, 11) is 0. The van der Waals surface area contributed by atoms with Crippen LogP contribution in [0.2, 0.25) is 0 Å². The number of ether oxygens (including phenoxy) is 1. The first-order valence-corrected chi connectivity index (χ1v) is 5.80. The van der Waals surface area contributed by atoms with Gasteiger partial charge in [0.2, 0.25) is 0 Å². The predicted octanol–water partition coefficient (Wildman–Crippen LogP) is 1.45. The lowest BCUT2D eigenvalue weighted by atomic mass is 10.00. The van der Waals surface area contributed by atoms with Gasteiger partial charge in [-0.05, 0) is 18.1 Å². The molecule has 1 N–H and O–H groups in total. The van der Waals surface area contributed by atoms with Gasteiger partial charge in [0.05, 0.1) is 13.2 Å². The molecule has 4 heteroatoms. The highest BCUT2D eigenvalue weighted by Crippen LogP contribution is 2.24. The second-order valence-corrected chi connectivity index (χ2v) is 4.25. The molecule has 1 atom stereocenters. The van der Waals surface area contributed by atoms with Crippen molar-refractivity contribution in [1.82, 2.24) is 4.90 Å². The van der Waals surface area contributed by atoms with Crippen molar-refractivity contribution in [3.05, 3.63) is 35.4 Å². The minimum Gasteiger partial charge on any atom is -0.480 e. The van der Waals surface area contributed by atoms with Crippen LogP contribution in [0.1, 0.15) is 17.2 Å². The summed E-state index contributed by atoms with van der Waals surface area (Å²) >= 11 is 0. The van der Waals surface area contributed by atoms with Crippen LogP contribution in [-0.4, -0.2) is 42.3 Å². The van der Waals surface area contributed by atoms with Gasteiger partial charge in [0, 0.05) is 13.1 Å². The summed E-state index contributed by atoms with van der Waals surface area (Å²) in [5.41, 5.74) is 1.90. The van der Waals surface area contributed by atoms with Crippen molar-refractivity contribution in [3.63, 3.8) is 0 Å². The van der Waals surface area contributed by atoms with E-state index in [4.69, 9.17) is 4.74 Å². The van der Waals surface area contributed by atoms with Gasteiger partial charge in [0.1, 0.15) is 6.04 Å². The van der Waals surface area contributed by atoms with Crippen LogP contribution < -0.4 is 0 Å². The van der Waals surface area contributed by atoms with E-state index in [9.17, 15) is 9.90 Å². The number of aliphatic carboxylic acids is 1. The molecular weight excluding hydrogens is 218 g/mol. The van der Waals surface area contributed by atoms with E-state index in [1.165, 1.54) is 0 Å². The Morgan fingerprint density at radius 2 is 2.00 bits per heavy atom. The van der Waals surface area contributed by atoms with Crippen LogP contribution in [0.4, 0.5) is 0 Å². The maximum absolute atomic E-state index is 11.5. The average molecular weight is 235 g/mol. The van der Waals surface area contributed by atoms with Crippen molar-refractivity contribution < 1.29 is 14.6 Å². The maximum atomic E-state index is 11.5. The fourth-order valence-corrected chi connectivity index (χ4v) is 2.22. The normalized spacial score (nSPS) is 18.9. The Balaban J connectivity index is 2.28. The SMILES string of the molecule is Cc1ccccc1C(C(=O)O)N1CCOCC1. The highest BCUT2D eigenvalue weighted by atomic mass is 16.5. The van der Waals surface area contributed by atoms with Crippen molar-refractivity contribution in [1.29, 1.82) is 0 Å². The van der Waals surface area contributed by atoms with E-state index in [0.29, 0.717) is 26.3 Å². The molecule has 1 fully saturated rings. The standard InChI is InChI=1S/C13H17NO3/c1-10-4-2-3-5-11(10)12(13(15)16)14-6-8-17-9-7-14/h2-5,12H,6-9H2,1H3,(H,15,16). The molecule has 1 aliphatic heterocycles. The Labute approximate surface area is 101 Å². The minimum atomic E-state index is -0.791. The van der Waals surface area contributed by atoms with Crippen molar-refractivity contribution in [2.75, 3.05) is 26.3 Å². The molecule has 0 amide bonds. The molecular formula is C13H17NO3. The molecule has 0 aliphatic carbocycles. The number of aryl methyl sites for hydroxylation is 1. The van der Waals surface area contributed by atoms with Gasteiger partial charge >= 0.3 is 5.97 Å². The van der Waals surface area contributed by atoms with Gasteiger partial charge in [-0.15, -0.1) is 0 Å². The van der Waals surface area contributed by atoms with Crippen LogP contribution in [0, 0.1) is 6.92 Å². The van der Waals surface area contributed by atoms with Gasteiger partial charge in [-0.2, -0.15) is 0 Å². The van der Waals surface area contributed by atoms with Gasteiger partial charge in [0.25, 0.3) is 0 Å². The van der Waals surface area contributed by atoms with E-state index in [1.54, 1.807) is 0 Å². The monoisotopic (exact) mass is 235 g/mol. The molecule has 1 aromatic carbocycles. The number of benzene rings is 1. The molecule has 0 aromatic heterocycles. The molecule has 0 radical (unpaired) electrons. The summed E-state index contributed by atoms with van der Waals surface area (Å²) in [6, 6.07) is 7.10. The molecule has 1 aromatic rings. The second kappa shape index (κ2) is 5.29. The maximum Gasteiger partial charge on any atom is 0.325 e. The lowest BCUT2D eigenvalue weighted by Crippen LogP contribution is -2.42. The summed E-state index contributed by atoms with van der Waals surface area (Å²) in [6.45, 7) is 4.51. The second-order valence-electron chi connectivity index (χ2n) is 4.25. The fraction of sp³-hybridized carbons (Fsp3) is 0.462. The average Bonchev–Trinajstić information content (AvgIpc) is 2.33. The lowest BCUT2D eigenvalue weighted by molar-refractivity contribution is -0.145. The molecule has 17 heavy (non-hydrogen) atoms. The molecule has 0 bridgehead atoms. The van der Waals surface area contributed by atoms with E-state index in [0.717, 1.165) is 11.1 Å². The number of nitrogens with zero attached hydrogens (tertiary/aromatic N) is 1. The van der Waals surface area contributed by atoms with Crippen LogP contribution in [0.5, 0.6) is 0 Å². The minimum absolute atomic E-state index is 0.555. The van der Waals surface area contributed by atoms with Gasteiger partial charge < -0.3 is 9.84 Å². The van der Waals surface area contributed by atoms with Crippen LogP contribution in [0.3, 0.4) is 0 Å². The van der Waals surface area contributed by atoms with Crippen molar-refractivity contribution in [2.24, 2.45) is 0 Å². The van der Waals surface area contributed by atoms with E-state index in [1.807, 2.05) is 36.1 Å². The number of carboxylic acid groups (broad SMARTS) is 1. The fourth-order valence-electron chi connectivity index (χ4n) is 2.22. The third-order valence-electron chi connectivity index (χ3n) is 3.13. The Kier molecular flexibility index (Phi) is 3.76. The zero-order valence-corrected chi connectivity index (χ0v) is 9.93. The molecule has 1 heterocycles. The number of hydrogen-bond acceptors (Lipinski definition) is 3. The molecule has 1 saturated heterocycles. The van der Waals surface area contributed by atoms with Crippen LogP contribution in [0.15, 0.2) is 24.3 Å². The summed E-state index contributed by atoms with van der Waals surface area (Å²) in [4.78, 5) is 13.4. The summed E-state index contributed by atoms with van der Waals surface area (Å²) in [5, 5.41) is 9.42. The van der Waals surface area contributed by atoms with Crippen molar-refractivity contribution in [2.45, 2.75) is 13.0 Å². The Bertz CT molecular complexity index is 399. The zero-order valence-electron chi connectivity index (χ0n) is 9.93. The van der Waals surface area contributed by atoms with Crippen LogP contribution >= 0.6 is 0 Å². The number of morpholine rings is 1. The van der Waals surface area contributed by atoms with E-state index < -0.39 is 12.0 Å². The number of carbonyl (C=O) groups is 1. The smallest absolute Gasteiger partial charge is 0.325 e. The zero-order chi connectivity index (χ0) is 12.3. The van der Waals surface area contributed by atoms with E-state index in [-0.39, 0.29) is 0 Å². The first-order chi connectivity index (χ1) is 8.20. The Morgan fingerprint density at radius 1 is 1.35 bits per heavy atom. The summed E-state index contributed by atoms with van der Waals surface area (Å²) in [6.07, 6.45) is 0. The van der Waals surface area contributed by atoms with E-state index in [2.05, 4.69) is 0 Å². The highest BCUT2D eigenvalue weighted by molar-refractivity contribution is 5.76. The van der Waals surface area contributed by atoms with E-state index >= 15 is 0 Å². The van der Waals surface area contributed by atoms with Crippen molar-refractivity contribution in [3.8, 4) is 0 Å². The van der Waals surface area contributed by atoms with Crippen molar-refractivity contribution >= 4 is 5.97 Å². The number of rotatable bonds is 3. The largest absolute Gasteiger partial charge is 0.480 e. The molecule has 0 saturated carbocycles. The lowest BCUT2D eigenvalue weighted by Gasteiger charge is -2.32. The summed E-state index contributed by atoms with van der Waals surface area (Å²) in [5.74, 6) is -0.791. The van der Waals surface area contributed by atoms with Crippen LogP contribution in [-0.2, 0) is 9.53 Å². The molecule has 1 aliphatic rings. The third-order valence-corrected chi connectivity index (χ3v) is 3.13. The number of carboxylic acids is 1. The third kappa shape index (κ3) is 2.65. The first kappa shape index (κ1) is 12.1. The van der Waals surface area contributed by atoms with Gasteiger partial charge in [-0.25, -0.2) is 0 Å². The number of hydrogen-bond donors (Lipinski definition) is 1. The quantitative estimate of drug-likeness (QED) is 0.861. The van der Waals surface area contributed by atoms with Gasteiger partial charge in [0.15, 0.2) is 0 Å². The first-order valence-electron chi connectivity index (χ1n) is 5.80. The topological polar surface area (TPSA) is 49.8 Å². The highest BCUT2D eigenvalue weighted by Gasteiger charge is 2.29. The van der Waals surface area contributed by atoms with Gasteiger partial charge in [-0.3, -0.25) is 9.69 Å². The molecule has 4 nitrogen and oxygen atoms in total. The Hall–Kier alpha value is -1.39. The van der Waals surface area contributed by atoms with Crippen LogP contribution in [0.25, 0.3) is 0 Å².